The van der Waals surface area contributed by atoms with Crippen molar-refractivity contribution in [3.63, 3.8) is 0 Å². The first-order chi connectivity index (χ1) is 12.6. The van der Waals surface area contributed by atoms with E-state index in [2.05, 4.69) is 27.2 Å². The van der Waals surface area contributed by atoms with E-state index in [4.69, 9.17) is 14.2 Å². The van der Waals surface area contributed by atoms with Gasteiger partial charge in [0.15, 0.2) is 11.5 Å². The number of hydrogen-bond donors (Lipinski definition) is 1. The first-order valence-electron chi connectivity index (χ1n) is 9.25. The molecule has 1 atom stereocenters. The van der Waals surface area contributed by atoms with Gasteiger partial charge in [-0.1, -0.05) is 6.07 Å². The lowest BCUT2D eigenvalue weighted by Crippen LogP contribution is -2.50. The smallest absolute Gasteiger partial charge is 0.234 e. The second-order valence-electron chi connectivity index (χ2n) is 6.95. The minimum absolute atomic E-state index is 0.0454. The number of piperazine rings is 1. The summed E-state index contributed by atoms with van der Waals surface area (Å²) < 4.78 is 16.3. The molecular weight excluding hydrogens is 334 g/mol. The van der Waals surface area contributed by atoms with Crippen LogP contribution in [-0.4, -0.2) is 81.4 Å². The van der Waals surface area contributed by atoms with Gasteiger partial charge in [-0.25, -0.2) is 0 Å². The van der Waals surface area contributed by atoms with Crippen molar-refractivity contribution in [3.8, 4) is 11.5 Å². The van der Waals surface area contributed by atoms with E-state index >= 15 is 0 Å². The maximum Gasteiger partial charge on any atom is 0.234 e. The molecule has 1 aromatic carbocycles. The van der Waals surface area contributed by atoms with E-state index < -0.39 is 0 Å². The largest absolute Gasteiger partial charge is 0.486 e. The van der Waals surface area contributed by atoms with Crippen LogP contribution in [-0.2, 0) is 16.1 Å². The molecule has 0 spiro atoms. The predicted octanol–water partition coefficient (Wildman–Crippen LogP) is 0.727. The third-order valence-electron chi connectivity index (χ3n) is 4.67. The monoisotopic (exact) mass is 363 g/mol. The van der Waals surface area contributed by atoms with Crippen LogP contribution in [0.2, 0.25) is 0 Å². The molecule has 2 heterocycles. The zero-order chi connectivity index (χ0) is 18.4. The summed E-state index contributed by atoms with van der Waals surface area (Å²) in [6, 6.07) is 6.21. The second-order valence-corrected chi connectivity index (χ2v) is 6.95. The molecule has 2 aliphatic rings. The summed E-state index contributed by atoms with van der Waals surface area (Å²) in [5, 5.41) is 2.96. The molecule has 7 heteroatoms. The van der Waals surface area contributed by atoms with E-state index in [1.165, 1.54) is 5.56 Å². The lowest BCUT2D eigenvalue weighted by atomic mass is 10.1. The number of amides is 1. The summed E-state index contributed by atoms with van der Waals surface area (Å²) in [5.74, 6) is 1.74. The summed E-state index contributed by atoms with van der Waals surface area (Å²) in [6.07, 6.45) is 0. The molecule has 1 aromatic rings. The Morgan fingerprint density at radius 2 is 1.85 bits per heavy atom. The van der Waals surface area contributed by atoms with Crippen molar-refractivity contribution in [1.29, 1.82) is 0 Å². The normalized spacial score (nSPS) is 19.2. The topological polar surface area (TPSA) is 63.3 Å². The van der Waals surface area contributed by atoms with E-state index in [9.17, 15) is 4.79 Å². The van der Waals surface area contributed by atoms with E-state index in [1.54, 1.807) is 7.11 Å². The molecule has 0 bridgehead atoms. The number of carbonyl (C=O) groups excluding carboxylic acids is 1. The van der Waals surface area contributed by atoms with Crippen molar-refractivity contribution in [2.75, 3.05) is 59.7 Å². The van der Waals surface area contributed by atoms with Crippen LogP contribution < -0.4 is 14.8 Å². The third-order valence-corrected chi connectivity index (χ3v) is 4.67. The van der Waals surface area contributed by atoms with Crippen LogP contribution in [0.1, 0.15) is 12.5 Å². The van der Waals surface area contributed by atoms with Gasteiger partial charge < -0.3 is 19.5 Å². The maximum atomic E-state index is 12.1. The predicted molar refractivity (Wildman–Crippen MR) is 98.6 cm³/mol. The Morgan fingerprint density at radius 1 is 1.15 bits per heavy atom. The highest BCUT2D eigenvalue weighted by Crippen LogP contribution is 2.31. The van der Waals surface area contributed by atoms with Crippen LogP contribution in [0.4, 0.5) is 0 Å². The molecule has 26 heavy (non-hydrogen) atoms. The molecule has 0 saturated carbocycles. The van der Waals surface area contributed by atoms with E-state index in [1.807, 2.05) is 13.0 Å². The Kier molecular flexibility index (Phi) is 6.71. The van der Waals surface area contributed by atoms with Crippen molar-refractivity contribution in [3.05, 3.63) is 23.8 Å². The van der Waals surface area contributed by atoms with Crippen LogP contribution in [0.25, 0.3) is 0 Å². The van der Waals surface area contributed by atoms with Gasteiger partial charge in [-0.15, -0.1) is 0 Å². The third kappa shape index (κ3) is 5.33. The summed E-state index contributed by atoms with van der Waals surface area (Å²) in [5.41, 5.74) is 1.23. The number of carbonyl (C=O) groups is 1. The Hall–Kier alpha value is -1.83. The minimum Gasteiger partial charge on any atom is -0.486 e. The number of nitrogens with one attached hydrogen (secondary N) is 1. The fraction of sp³-hybridized carbons (Fsp3) is 0.632. The molecular formula is C19H29N3O4. The van der Waals surface area contributed by atoms with Gasteiger partial charge in [0.25, 0.3) is 0 Å². The molecule has 0 aromatic heterocycles. The highest BCUT2D eigenvalue weighted by atomic mass is 16.6. The Labute approximate surface area is 155 Å². The highest BCUT2D eigenvalue weighted by Gasteiger charge is 2.20. The molecule has 1 N–H and O–H groups in total. The Balaban J connectivity index is 1.42. The standard InChI is InChI=1S/C19H29N3O4/c1-15(14-24-2)20-19(23)13-22-7-5-21(6-8-22)12-16-3-4-17-18(11-16)26-10-9-25-17/h3-4,11,15H,5-10,12-14H2,1-2H3,(H,20,23)/t15-/m0/s1. The molecule has 0 aliphatic carbocycles. The second kappa shape index (κ2) is 9.21. The van der Waals surface area contributed by atoms with Crippen LogP contribution in [0, 0.1) is 0 Å². The zero-order valence-corrected chi connectivity index (χ0v) is 15.7. The maximum absolute atomic E-state index is 12.1. The molecule has 2 aliphatic heterocycles. The van der Waals surface area contributed by atoms with Crippen LogP contribution in [0.5, 0.6) is 11.5 Å². The molecule has 7 nitrogen and oxygen atoms in total. The van der Waals surface area contributed by atoms with Gasteiger partial charge in [0.1, 0.15) is 13.2 Å². The van der Waals surface area contributed by atoms with Gasteiger partial charge in [-0.05, 0) is 24.6 Å². The van der Waals surface area contributed by atoms with E-state index in [-0.39, 0.29) is 11.9 Å². The number of hydrogen-bond acceptors (Lipinski definition) is 6. The van der Waals surface area contributed by atoms with Crippen molar-refractivity contribution < 1.29 is 19.0 Å². The lowest BCUT2D eigenvalue weighted by molar-refractivity contribution is -0.123. The summed E-state index contributed by atoms with van der Waals surface area (Å²) in [4.78, 5) is 16.7. The minimum atomic E-state index is 0.0454. The van der Waals surface area contributed by atoms with Crippen LogP contribution in [0.15, 0.2) is 18.2 Å². The van der Waals surface area contributed by atoms with Gasteiger partial charge in [-0.3, -0.25) is 14.6 Å². The molecule has 3 rings (SSSR count). The number of rotatable bonds is 7. The fourth-order valence-corrected chi connectivity index (χ4v) is 3.37. The van der Waals surface area contributed by atoms with E-state index in [0.717, 1.165) is 44.2 Å². The fourth-order valence-electron chi connectivity index (χ4n) is 3.37. The summed E-state index contributed by atoms with van der Waals surface area (Å²) in [6.45, 7) is 8.76. The number of fused-ring (bicyclic) bond motifs is 1. The molecule has 144 valence electrons. The van der Waals surface area contributed by atoms with E-state index in [0.29, 0.717) is 26.4 Å². The summed E-state index contributed by atoms with van der Waals surface area (Å²) >= 11 is 0. The number of methoxy groups -OCH3 is 1. The molecule has 0 radical (unpaired) electrons. The average Bonchev–Trinajstić information content (AvgIpc) is 2.63. The number of benzene rings is 1. The number of ether oxygens (including phenoxy) is 3. The molecule has 1 fully saturated rings. The van der Waals surface area contributed by atoms with Gasteiger partial charge in [0, 0.05) is 45.9 Å². The average molecular weight is 363 g/mol. The van der Waals surface area contributed by atoms with Crippen molar-refractivity contribution >= 4 is 5.91 Å². The van der Waals surface area contributed by atoms with Crippen molar-refractivity contribution in [2.24, 2.45) is 0 Å². The zero-order valence-electron chi connectivity index (χ0n) is 15.7. The molecule has 0 unspecified atom stereocenters. The highest BCUT2D eigenvalue weighted by molar-refractivity contribution is 5.78. The van der Waals surface area contributed by atoms with Crippen LogP contribution in [0.3, 0.4) is 0 Å². The van der Waals surface area contributed by atoms with Gasteiger partial charge in [-0.2, -0.15) is 0 Å². The van der Waals surface area contributed by atoms with Crippen molar-refractivity contribution in [1.82, 2.24) is 15.1 Å². The van der Waals surface area contributed by atoms with Crippen LogP contribution >= 0.6 is 0 Å². The quantitative estimate of drug-likeness (QED) is 0.771. The first-order valence-corrected chi connectivity index (χ1v) is 9.25. The SMILES string of the molecule is COC[C@H](C)NC(=O)CN1CCN(Cc2ccc3c(c2)OCCO3)CC1. The van der Waals surface area contributed by atoms with Gasteiger partial charge >= 0.3 is 0 Å². The number of nitrogens with zero attached hydrogens (tertiary/aromatic N) is 2. The van der Waals surface area contributed by atoms with Crippen molar-refractivity contribution in [2.45, 2.75) is 19.5 Å². The Morgan fingerprint density at radius 3 is 2.58 bits per heavy atom. The van der Waals surface area contributed by atoms with Gasteiger partial charge in [0.2, 0.25) is 5.91 Å². The van der Waals surface area contributed by atoms with Gasteiger partial charge in [0.05, 0.1) is 13.2 Å². The Bertz CT molecular complexity index is 602. The molecule has 1 amide bonds. The summed E-state index contributed by atoms with van der Waals surface area (Å²) in [7, 11) is 1.64. The lowest BCUT2D eigenvalue weighted by Gasteiger charge is -2.34. The molecule has 1 saturated heterocycles. The first kappa shape index (κ1) is 18.9.